The van der Waals surface area contributed by atoms with Crippen LogP contribution in [0.1, 0.15) is 26.4 Å². The second-order valence-corrected chi connectivity index (χ2v) is 6.71. The molecular formula is C20H21N5O2. The number of hydrogen-bond donors (Lipinski definition) is 1. The summed E-state index contributed by atoms with van der Waals surface area (Å²) < 4.78 is 2.02. The van der Waals surface area contributed by atoms with Crippen LogP contribution in [0.3, 0.4) is 0 Å². The van der Waals surface area contributed by atoms with Gasteiger partial charge in [-0.1, -0.05) is 6.07 Å². The fraction of sp³-hybridized carbons (Fsp3) is 0.250. The fourth-order valence-corrected chi connectivity index (χ4v) is 3.36. The van der Waals surface area contributed by atoms with E-state index in [2.05, 4.69) is 9.88 Å². The first-order valence-electron chi connectivity index (χ1n) is 8.94. The number of aromatic nitrogens is 2. The second-order valence-electron chi connectivity index (χ2n) is 6.71. The number of primary amides is 1. The minimum absolute atomic E-state index is 0.0154. The highest BCUT2D eigenvalue weighted by atomic mass is 16.2. The van der Waals surface area contributed by atoms with Gasteiger partial charge in [0.2, 0.25) is 5.91 Å². The van der Waals surface area contributed by atoms with Crippen molar-refractivity contribution in [3.63, 3.8) is 0 Å². The van der Waals surface area contributed by atoms with Crippen LogP contribution < -0.4 is 5.73 Å². The van der Waals surface area contributed by atoms with Crippen molar-refractivity contribution in [2.45, 2.75) is 6.54 Å². The molecule has 0 unspecified atom stereocenters. The van der Waals surface area contributed by atoms with E-state index >= 15 is 0 Å². The number of benzene rings is 1. The van der Waals surface area contributed by atoms with Crippen LogP contribution in [0.5, 0.6) is 0 Å². The maximum Gasteiger partial charge on any atom is 0.253 e. The lowest BCUT2D eigenvalue weighted by Crippen LogP contribution is -2.48. The summed E-state index contributed by atoms with van der Waals surface area (Å²) in [5, 5.41) is 0. The molecule has 0 bridgehead atoms. The number of carbonyl (C=O) groups excluding carboxylic acids is 2. The summed E-state index contributed by atoms with van der Waals surface area (Å²) in [4.78, 5) is 32.6. The van der Waals surface area contributed by atoms with E-state index in [1.165, 1.54) is 0 Å². The Labute approximate surface area is 157 Å². The van der Waals surface area contributed by atoms with Gasteiger partial charge in [-0.3, -0.25) is 14.5 Å². The summed E-state index contributed by atoms with van der Waals surface area (Å²) in [6, 6.07) is 12.5. The van der Waals surface area contributed by atoms with Crippen molar-refractivity contribution in [2.24, 2.45) is 5.73 Å². The summed E-state index contributed by atoms with van der Waals surface area (Å²) in [6.07, 6.45) is 4.04. The van der Waals surface area contributed by atoms with Crippen LogP contribution in [0.15, 0.2) is 54.9 Å². The topological polar surface area (TPSA) is 83.9 Å². The molecule has 3 aromatic rings. The molecule has 7 heteroatoms. The number of pyridine rings is 1. The quantitative estimate of drug-likeness (QED) is 0.759. The van der Waals surface area contributed by atoms with Crippen molar-refractivity contribution < 1.29 is 9.59 Å². The van der Waals surface area contributed by atoms with Gasteiger partial charge < -0.3 is 15.0 Å². The Hall–Kier alpha value is -3.19. The first kappa shape index (κ1) is 17.2. The molecule has 2 N–H and O–H groups in total. The van der Waals surface area contributed by atoms with E-state index in [0.29, 0.717) is 24.2 Å². The molecule has 1 fully saturated rings. The molecule has 0 spiro atoms. The summed E-state index contributed by atoms with van der Waals surface area (Å²) in [6.45, 7) is 3.72. The van der Waals surface area contributed by atoms with E-state index in [1.807, 2.05) is 39.9 Å². The highest BCUT2D eigenvalue weighted by Gasteiger charge is 2.22. The zero-order chi connectivity index (χ0) is 18.8. The number of piperazine rings is 1. The van der Waals surface area contributed by atoms with Crippen molar-refractivity contribution in [1.29, 1.82) is 0 Å². The molecule has 0 aliphatic carbocycles. The molecule has 1 aromatic carbocycles. The number of fused-ring (bicyclic) bond motifs is 1. The Bertz CT molecular complexity index is 938. The third-order valence-electron chi connectivity index (χ3n) is 4.88. The van der Waals surface area contributed by atoms with Gasteiger partial charge in [0.15, 0.2) is 0 Å². The van der Waals surface area contributed by atoms with Gasteiger partial charge in [-0.15, -0.1) is 0 Å². The predicted molar refractivity (Wildman–Crippen MR) is 101 cm³/mol. The summed E-state index contributed by atoms with van der Waals surface area (Å²) >= 11 is 0. The molecule has 2 amide bonds. The summed E-state index contributed by atoms with van der Waals surface area (Å²) in [5.74, 6) is -0.507. The van der Waals surface area contributed by atoms with Gasteiger partial charge in [0.1, 0.15) is 5.65 Å². The normalized spacial score (nSPS) is 15.2. The third kappa shape index (κ3) is 3.68. The number of nitrogens with zero attached hydrogens (tertiary/aromatic N) is 4. The lowest BCUT2D eigenvalue weighted by Gasteiger charge is -2.34. The zero-order valence-electron chi connectivity index (χ0n) is 14.9. The van der Waals surface area contributed by atoms with Crippen molar-refractivity contribution in [3.8, 4) is 0 Å². The van der Waals surface area contributed by atoms with Crippen molar-refractivity contribution in [3.05, 3.63) is 71.7 Å². The smallest absolute Gasteiger partial charge is 0.253 e. The summed E-state index contributed by atoms with van der Waals surface area (Å²) in [7, 11) is 0. The number of amides is 2. The minimum Gasteiger partial charge on any atom is -0.366 e. The number of carbonyl (C=O) groups is 2. The Morgan fingerprint density at radius 1 is 0.963 bits per heavy atom. The Morgan fingerprint density at radius 2 is 1.67 bits per heavy atom. The molecule has 7 nitrogen and oxygen atoms in total. The molecule has 1 aliphatic heterocycles. The average Bonchev–Trinajstić information content (AvgIpc) is 3.10. The SMILES string of the molecule is NC(=O)c1ccc(C(=O)N2CCN(Cc3cn4ccccc4n3)CC2)cc1. The number of nitrogens with two attached hydrogens (primary N) is 1. The molecule has 138 valence electrons. The Balaban J connectivity index is 1.35. The number of imidazole rings is 1. The molecule has 0 atom stereocenters. The lowest BCUT2D eigenvalue weighted by molar-refractivity contribution is 0.0627. The number of rotatable bonds is 4. The van der Waals surface area contributed by atoms with E-state index in [4.69, 9.17) is 5.73 Å². The molecule has 1 saturated heterocycles. The van der Waals surface area contributed by atoms with Gasteiger partial charge in [0.25, 0.3) is 5.91 Å². The standard InChI is InChI=1S/C20H21N5O2/c21-19(26)15-4-6-16(7-5-15)20(27)24-11-9-23(10-12-24)13-17-14-25-8-2-1-3-18(25)22-17/h1-8,14H,9-13H2,(H2,21,26). The van der Waals surface area contributed by atoms with Crippen molar-refractivity contribution in [1.82, 2.24) is 19.2 Å². The maximum absolute atomic E-state index is 12.6. The zero-order valence-corrected chi connectivity index (χ0v) is 14.9. The van der Waals surface area contributed by atoms with Crippen LogP contribution in [0, 0.1) is 0 Å². The fourth-order valence-electron chi connectivity index (χ4n) is 3.36. The molecule has 0 radical (unpaired) electrons. The lowest BCUT2D eigenvalue weighted by atomic mass is 10.1. The number of hydrogen-bond acceptors (Lipinski definition) is 4. The van der Waals surface area contributed by atoms with E-state index in [9.17, 15) is 9.59 Å². The molecule has 27 heavy (non-hydrogen) atoms. The van der Waals surface area contributed by atoms with E-state index in [-0.39, 0.29) is 5.91 Å². The highest BCUT2D eigenvalue weighted by Crippen LogP contribution is 2.13. The molecule has 2 aromatic heterocycles. The van der Waals surface area contributed by atoms with E-state index < -0.39 is 5.91 Å². The van der Waals surface area contributed by atoms with Gasteiger partial charge in [0.05, 0.1) is 5.69 Å². The molecule has 0 saturated carbocycles. The summed E-state index contributed by atoms with van der Waals surface area (Å²) in [5.41, 5.74) is 8.20. The molecular weight excluding hydrogens is 342 g/mol. The molecule has 1 aliphatic rings. The maximum atomic E-state index is 12.6. The highest BCUT2D eigenvalue weighted by molar-refractivity contribution is 5.97. The van der Waals surface area contributed by atoms with Gasteiger partial charge >= 0.3 is 0 Å². The molecule has 4 rings (SSSR count). The Kier molecular flexibility index (Phi) is 4.60. The van der Waals surface area contributed by atoms with Crippen LogP contribution in [-0.4, -0.2) is 57.2 Å². The largest absolute Gasteiger partial charge is 0.366 e. The van der Waals surface area contributed by atoms with E-state index in [0.717, 1.165) is 31.0 Å². The van der Waals surface area contributed by atoms with Gasteiger partial charge in [0, 0.05) is 56.2 Å². The van der Waals surface area contributed by atoms with Crippen molar-refractivity contribution >= 4 is 17.5 Å². The van der Waals surface area contributed by atoms with Crippen LogP contribution in [0.2, 0.25) is 0 Å². The predicted octanol–water partition coefficient (Wildman–Crippen LogP) is 1.39. The monoisotopic (exact) mass is 363 g/mol. The molecule has 3 heterocycles. The first-order chi connectivity index (χ1) is 13.1. The van der Waals surface area contributed by atoms with Gasteiger partial charge in [-0.2, -0.15) is 0 Å². The van der Waals surface area contributed by atoms with Crippen LogP contribution in [-0.2, 0) is 6.54 Å². The Morgan fingerprint density at radius 3 is 2.33 bits per heavy atom. The minimum atomic E-state index is -0.491. The van der Waals surface area contributed by atoms with Crippen LogP contribution in [0.25, 0.3) is 5.65 Å². The average molecular weight is 363 g/mol. The third-order valence-corrected chi connectivity index (χ3v) is 4.88. The second kappa shape index (κ2) is 7.20. The first-order valence-corrected chi connectivity index (χ1v) is 8.94. The van der Waals surface area contributed by atoms with Gasteiger partial charge in [-0.25, -0.2) is 4.98 Å². The van der Waals surface area contributed by atoms with E-state index in [1.54, 1.807) is 24.3 Å². The van der Waals surface area contributed by atoms with Crippen LogP contribution >= 0.6 is 0 Å². The van der Waals surface area contributed by atoms with Gasteiger partial charge in [-0.05, 0) is 36.4 Å². The van der Waals surface area contributed by atoms with Crippen LogP contribution in [0.4, 0.5) is 0 Å². The van der Waals surface area contributed by atoms with Crippen molar-refractivity contribution in [2.75, 3.05) is 26.2 Å².